The number of rotatable bonds is 5. The van der Waals surface area contributed by atoms with Crippen molar-refractivity contribution in [1.29, 1.82) is 0 Å². The lowest BCUT2D eigenvalue weighted by Gasteiger charge is -2.13. The van der Waals surface area contributed by atoms with Gasteiger partial charge < -0.3 is 10.2 Å². The molecular weight excluding hydrogens is 210 g/mol. The number of carbonyl (C=O) groups is 2. The lowest BCUT2D eigenvalue weighted by Crippen LogP contribution is -2.38. The molecule has 0 unspecified atom stereocenters. The van der Waals surface area contributed by atoms with Gasteiger partial charge in [-0.15, -0.1) is 0 Å². The normalized spacial score (nSPS) is 9.88. The molecule has 1 aromatic rings. The summed E-state index contributed by atoms with van der Waals surface area (Å²) in [5.41, 5.74) is 0. The average Bonchev–Trinajstić information content (AvgIpc) is 2.70. The number of aromatic nitrogens is 3. The van der Waals surface area contributed by atoms with Gasteiger partial charge in [-0.05, 0) is 0 Å². The van der Waals surface area contributed by atoms with Crippen LogP contribution >= 0.6 is 0 Å². The second-order valence-electron chi connectivity index (χ2n) is 3.41. The molecule has 0 radical (unpaired) electrons. The summed E-state index contributed by atoms with van der Waals surface area (Å²) in [6, 6.07) is 0. The van der Waals surface area contributed by atoms with Crippen molar-refractivity contribution in [3.63, 3.8) is 0 Å². The van der Waals surface area contributed by atoms with Crippen LogP contribution in [0.2, 0.25) is 0 Å². The fourth-order valence-electron chi connectivity index (χ4n) is 1.05. The van der Waals surface area contributed by atoms with Crippen molar-refractivity contribution in [2.24, 2.45) is 0 Å². The fraction of sp³-hybridized carbons (Fsp3) is 0.556. The van der Waals surface area contributed by atoms with E-state index in [2.05, 4.69) is 20.5 Å². The molecule has 0 aliphatic carbocycles. The molecule has 0 saturated carbocycles. The number of amides is 2. The van der Waals surface area contributed by atoms with E-state index in [0.29, 0.717) is 13.0 Å². The van der Waals surface area contributed by atoms with E-state index in [4.69, 9.17) is 0 Å². The van der Waals surface area contributed by atoms with Crippen molar-refractivity contribution in [3.8, 4) is 0 Å². The first kappa shape index (κ1) is 12.2. The minimum Gasteiger partial charge on any atom is -0.354 e. The Kier molecular flexibility index (Phi) is 4.43. The molecule has 88 valence electrons. The summed E-state index contributed by atoms with van der Waals surface area (Å²) < 4.78 is 0. The molecule has 0 aromatic carbocycles. The predicted molar refractivity (Wildman–Crippen MR) is 56.4 cm³/mol. The molecule has 7 nitrogen and oxygen atoms in total. The third-order valence-electron chi connectivity index (χ3n) is 2.07. The molecule has 0 aliphatic heterocycles. The molecule has 7 heteroatoms. The van der Waals surface area contributed by atoms with Crippen molar-refractivity contribution in [2.75, 3.05) is 20.1 Å². The van der Waals surface area contributed by atoms with Crippen LogP contribution in [0.4, 0.5) is 0 Å². The first-order chi connectivity index (χ1) is 7.59. The Hall–Kier alpha value is -1.92. The van der Waals surface area contributed by atoms with Gasteiger partial charge in [0.05, 0.1) is 6.54 Å². The number of aromatic amines is 1. The second kappa shape index (κ2) is 5.84. The minimum atomic E-state index is -0.183. The fourth-order valence-corrected chi connectivity index (χ4v) is 1.05. The summed E-state index contributed by atoms with van der Waals surface area (Å²) in [5.74, 6) is 0.405. The van der Waals surface area contributed by atoms with Gasteiger partial charge in [-0.25, -0.2) is 4.98 Å². The molecule has 16 heavy (non-hydrogen) atoms. The van der Waals surface area contributed by atoms with Crippen LogP contribution in [0.5, 0.6) is 0 Å². The highest BCUT2D eigenvalue weighted by molar-refractivity contribution is 5.83. The van der Waals surface area contributed by atoms with Gasteiger partial charge in [0.15, 0.2) is 0 Å². The van der Waals surface area contributed by atoms with Crippen LogP contribution < -0.4 is 5.32 Å². The zero-order valence-electron chi connectivity index (χ0n) is 9.36. The van der Waals surface area contributed by atoms with Crippen molar-refractivity contribution in [1.82, 2.24) is 25.4 Å². The first-order valence-electron chi connectivity index (χ1n) is 4.92. The largest absolute Gasteiger partial charge is 0.354 e. The van der Waals surface area contributed by atoms with E-state index in [-0.39, 0.29) is 18.4 Å². The Morgan fingerprint density at radius 2 is 2.31 bits per heavy atom. The summed E-state index contributed by atoms with van der Waals surface area (Å²) in [6.07, 6.45) is 2.01. The van der Waals surface area contributed by atoms with Crippen molar-refractivity contribution in [3.05, 3.63) is 12.2 Å². The summed E-state index contributed by atoms with van der Waals surface area (Å²) in [4.78, 5) is 27.5. The molecule has 0 saturated heterocycles. The lowest BCUT2D eigenvalue weighted by molar-refractivity contribution is -0.133. The highest BCUT2D eigenvalue weighted by Crippen LogP contribution is 1.86. The molecule has 1 heterocycles. The van der Waals surface area contributed by atoms with Gasteiger partial charge in [0.25, 0.3) is 0 Å². The molecule has 0 bridgehead atoms. The summed E-state index contributed by atoms with van der Waals surface area (Å²) in [5, 5.41) is 9.07. The number of hydrogen-bond acceptors (Lipinski definition) is 4. The molecule has 2 amide bonds. The Labute approximate surface area is 93.2 Å². The maximum atomic E-state index is 11.3. The number of nitrogens with one attached hydrogen (secondary N) is 2. The molecule has 2 N–H and O–H groups in total. The van der Waals surface area contributed by atoms with E-state index in [1.54, 1.807) is 7.05 Å². The molecule has 1 aromatic heterocycles. The maximum absolute atomic E-state index is 11.3. The van der Waals surface area contributed by atoms with Gasteiger partial charge in [0.2, 0.25) is 11.8 Å². The van der Waals surface area contributed by atoms with Gasteiger partial charge in [-0.1, -0.05) is 0 Å². The number of H-pyrrole nitrogens is 1. The maximum Gasteiger partial charge on any atom is 0.239 e. The van der Waals surface area contributed by atoms with Gasteiger partial charge in [-0.2, -0.15) is 5.10 Å². The van der Waals surface area contributed by atoms with E-state index in [9.17, 15) is 9.59 Å². The standard InChI is InChI=1S/C9H15N5O2/c1-7(15)14(2)5-9(16)10-4-3-8-11-6-12-13-8/h6H,3-5H2,1-2H3,(H,10,16)(H,11,12,13). The van der Waals surface area contributed by atoms with Crippen LogP contribution in [0, 0.1) is 0 Å². The van der Waals surface area contributed by atoms with E-state index in [1.165, 1.54) is 18.2 Å². The van der Waals surface area contributed by atoms with Crippen LogP contribution in [0.25, 0.3) is 0 Å². The Balaban J connectivity index is 2.18. The predicted octanol–water partition coefficient (Wildman–Crippen LogP) is -1.06. The third-order valence-corrected chi connectivity index (χ3v) is 2.07. The zero-order chi connectivity index (χ0) is 12.0. The Bertz CT molecular complexity index is 349. The molecule has 0 atom stereocenters. The van der Waals surface area contributed by atoms with Gasteiger partial charge >= 0.3 is 0 Å². The van der Waals surface area contributed by atoms with Gasteiger partial charge in [-0.3, -0.25) is 14.7 Å². The van der Waals surface area contributed by atoms with Gasteiger partial charge in [0.1, 0.15) is 12.2 Å². The highest BCUT2D eigenvalue weighted by Gasteiger charge is 2.08. The number of likely N-dealkylation sites (N-methyl/N-ethyl adjacent to an activating group) is 1. The minimum absolute atomic E-state index is 0.0751. The average molecular weight is 225 g/mol. The zero-order valence-corrected chi connectivity index (χ0v) is 9.36. The second-order valence-corrected chi connectivity index (χ2v) is 3.41. The third kappa shape index (κ3) is 4.07. The smallest absolute Gasteiger partial charge is 0.239 e. The van der Waals surface area contributed by atoms with Crippen LogP contribution in [0.3, 0.4) is 0 Å². The summed E-state index contributed by atoms with van der Waals surface area (Å²) in [6.45, 7) is 1.97. The van der Waals surface area contributed by atoms with E-state index in [0.717, 1.165) is 5.82 Å². The first-order valence-corrected chi connectivity index (χ1v) is 4.92. The Morgan fingerprint density at radius 1 is 1.56 bits per heavy atom. The summed E-state index contributed by atoms with van der Waals surface area (Å²) in [7, 11) is 1.58. The van der Waals surface area contributed by atoms with Crippen molar-refractivity contribution < 1.29 is 9.59 Å². The molecule has 1 rings (SSSR count). The quantitative estimate of drug-likeness (QED) is 0.668. The Morgan fingerprint density at radius 3 is 2.88 bits per heavy atom. The van der Waals surface area contributed by atoms with Crippen molar-refractivity contribution in [2.45, 2.75) is 13.3 Å². The van der Waals surface area contributed by atoms with E-state index >= 15 is 0 Å². The molecular formula is C9H15N5O2. The van der Waals surface area contributed by atoms with Crippen LogP contribution in [0.1, 0.15) is 12.7 Å². The van der Waals surface area contributed by atoms with Crippen LogP contribution in [0.15, 0.2) is 6.33 Å². The molecule has 0 aliphatic rings. The van der Waals surface area contributed by atoms with Crippen molar-refractivity contribution >= 4 is 11.8 Å². The highest BCUT2D eigenvalue weighted by atomic mass is 16.2. The van der Waals surface area contributed by atoms with Crippen LogP contribution in [-0.4, -0.2) is 52.0 Å². The molecule has 0 spiro atoms. The van der Waals surface area contributed by atoms with Gasteiger partial charge in [0, 0.05) is 26.9 Å². The number of carbonyl (C=O) groups excluding carboxylic acids is 2. The van der Waals surface area contributed by atoms with Crippen LogP contribution in [-0.2, 0) is 16.0 Å². The number of hydrogen-bond donors (Lipinski definition) is 2. The topological polar surface area (TPSA) is 91.0 Å². The SMILES string of the molecule is CC(=O)N(C)CC(=O)NCCc1ncn[nH]1. The summed E-state index contributed by atoms with van der Waals surface area (Å²) >= 11 is 0. The van der Waals surface area contributed by atoms with E-state index < -0.39 is 0 Å². The van der Waals surface area contributed by atoms with E-state index in [1.807, 2.05) is 0 Å². The lowest BCUT2D eigenvalue weighted by atomic mass is 10.4. The number of nitrogens with zero attached hydrogens (tertiary/aromatic N) is 3. The molecule has 0 fully saturated rings. The monoisotopic (exact) mass is 225 g/mol.